The molecular weight excluding hydrogens is 514 g/mol. The number of carbonyl (C=O) groups excluding carboxylic acids is 1. The van der Waals surface area contributed by atoms with E-state index in [1.165, 1.54) is 12.1 Å². The molecule has 2 aromatic carbocycles. The van der Waals surface area contributed by atoms with Crippen LogP contribution in [0.1, 0.15) is 24.1 Å². The van der Waals surface area contributed by atoms with E-state index < -0.39 is 9.84 Å². The Labute approximate surface area is 220 Å². The van der Waals surface area contributed by atoms with E-state index in [9.17, 15) is 13.2 Å². The third-order valence-corrected chi connectivity index (χ3v) is 7.19. The van der Waals surface area contributed by atoms with Crippen molar-refractivity contribution < 1.29 is 22.7 Å². The van der Waals surface area contributed by atoms with Gasteiger partial charge in [0.15, 0.2) is 21.3 Å². The molecule has 8 nitrogen and oxygen atoms in total. The number of amides is 1. The lowest BCUT2D eigenvalue weighted by atomic mass is 10.1. The van der Waals surface area contributed by atoms with Crippen molar-refractivity contribution in [3.05, 3.63) is 77.1 Å². The number of rotatable bonds is 8. The summed E-state index contributed by atoms with van der Waals surface area (Å²) in [6.45, 7) is 1.88. The van der Waals surface area contributed by atoms with E-state index in [2.05, 4.69) is 15.3 Å². The molecule has 192 valence electrons. The summed E-state index contributed by atoms with van der Waals surface area (Å²) in [6, 6.07) is 11.8. The number of ether oxygens (including phenoxy) is 2. The topological polar surface area (TPSA) is 110 Å². The number of nitrogens with one attached hydrogen (secondary N) is 2. The Morgan fingerprint density at radius 3 is 2.54 bits per heavy atom. The Balaban J connectivity index is 1.56. The van der Waals surface area contributed by atoms with Gasteiger partial charge >= 0.3 is 0 Å². The van der Waals surface area contributed by atoms with Crippen LogP contribution < -0.4 is 14.8 Å². The molecule has 2 aromatic heterocycles. The van der Waals surface area contributed by atoms with E-state index in [1.54, 1.807) is 50.9 Å². The molecule has 0 aliphatic heterocycles. The summed E-state index contributed by atoms with van der Waals surface area (Å²) < 4.78 is 34.7. The van der Waals surface area contributed by atoms with Gasteiger partial charge < -0.3 is 19.8 Å². The molecule has 0 radical (unpaired) electrons. The van der Waals surface area contributed by atoms with Gasteiger partial charge in [0.2, 0.25) is 5.91 Å². The fraction of sp³-hybridized carbons (Fsp3) is 0.185. The van der Waals surface area contributed by atoms with Gasteiger partial charge in [0.1, 0.15) is 5.65 Å². The summed E-state index contributed by atoms with van der Waals surface area (Å²) in [6.07, 6.45) is 7.68. The van der Waals surface area contributed by atoms with Crippen LogP contribution in [0.15, 0.2) is 65.8 Å². The van der Waals surface area contributed by atoms with Crippen LogP contribution in [0.4, 0.5) is 0 Å². The van der Waals surface area contributed by atoms with E-state index >= 15 is 0 Å². The minimum Gasteiger partial charge on any atom is -0.493 e. The van der Waals surface area contributed by atoms with Crippen LogP contribution in [-0.2, 0) is 14.6 Å². The molecule has 2 heterocycles. The Hall–Kier alpha value is -3.82. The van der Waals surface area contributed by atoms with Gasteiger partial charge in [-0.15, -0.1) is 0 Å². The number of pyridine rings is 1. The minimum absolute atomic E-state index is 0.129. The van der Waals surface area contributed by atoms with Gasteiger partial charge in [-0.3, -0.25) is 4.79 Å². The van der Waals surface area contributed by atoms with Crippen LogP contribution in [0.25, 0.3) is 28.2 Å². The van der Waals surface area contributed by atoms with Crippen LogP contribution in [0.5, 0.6) is 11.5 Å². The number of benzene rings is 2. The molecule has 2 N–H and O–H groups in total. The first kappa shape index (κ1) is 26.2. The van der Waals surface area contributed by atoms with E-state index in [1.807, 2.05) is 25.1 Å². The van der Waals surface area contributed by atoms with Crippen LogP contribution in [0.3, 0.4) is 0 Å². The second kappa shape index (κ2) is 10.7. The lowest BCUT2D eigenvalue weighted by molar-refractivity contribution is -0.117. The maximum Gasteiger partial charge on any atom is 0.244 e. The Kier molecular flexibility index (Phi) is 7.56. The zero-order valence-corrected chi connectivity index (χ0v) is 22.3. The summed E-state index contributed by atoms with van der Waals surface area (Å²) in [7, 11) is -0.302. The number of hydrogen-bond acceptors (Lipinski definition) is 6. The van der Waals surface area contributed by atoms with Crippen molar-refractivity contribution in [2.75, 3.05) is 20.5 Å². The largest absolute Gasteiger partial charge is 0.493 e. The van der Waals surface area contributed by atoms with Crippen molar-refractivity contribution in [1.29, 1.82) is 0 Å². The first-order chi connectivity index (χ1) is 17.6. The second-order valence-electron chi connectivity index (χ2n) is 8.49. The Morgan fingerprint density at radius 1 is 1.08 bits per heavy atom. The van der Waals surface area contributed by atoms with Crippen molar-refractivity contribution in [3.63, 3.8) is 0 Å². The predicted octanol–water partition coefficient (Wildman–Crippen LogP) is 5.19. The lowest BCUT2D eigenvalue weighted by Crippen LogP contribution is -2.24. The van der Waals surface area contributed by atoms with Gasteiger partial charge in [0, 0.05) is 46.3 Å². The molecule has 0 spiro atoms. The van der Waals surface area contributed by atoms with Crippen molar-refractivity contribution >= 4 is 44.5 Å². The van der Waals surface area contributed by atoms with Gasteiger partial charge in [-0.25, -0.2) is 13.4 Å². The number of halogens is 1. The molecule has 0 bridgehead atoms. The highest BCUT2D eigenvalue weighted by molar-refractivity contribution is 7.90. The molecule has 4 rings (SSSR count). The number of hydrogen-bond donors (Lipinski definition) is 2. The van der Waals surface area contributed by atoms with E-state index in [4.69, 9.17) is 21.1 Å². The molecule has 37 heavy (non-hydrogen) atoms. The van der Waals surface area contributed by atoms with Crippen LogP contribution in [0, 0.1) is 0 Å². The number of carbonyl (C=O) groups is 1. The quantitative estimate of drug-likeness (QED) is 0.298. The Morgan fingerprint density at radius 2 is 1.84 bits per heavy atom. The molecule has 1 atom stereocenters. The smallest absolute Gasteiger partial charge is 0.244 e. The third kappa shape index (κ3) is 5.95. The zero-order valence-electron chi connectivity index (χ0n) is 20.7. The van der Waals surface area contributed by atoms with Crippen molar-refractivity contribution in [1.82, 2.24) is 15.3 Å². The molecule has 0 saturated heterocycles. The minimum atomic E-state index is -3.43. The molecule has 10 heteroatoms. The molecule has 0 unspecified atom stereocenters. The Bertz CT molecular complexity index is 1610. The number of nitrogens with zero attached hydrogens (tertiary/aromatic N) is 1. The van der Waals surface area contributed by atoms with Gasteiger partial charge in [0.05, 0.1) is 25.2 Å². The first-order valence-electron chi connectivity index (χ1n) is 11.3. The van der Waals surface area contributed by atoms with Crippen molar-refractivity contribution in [2.45, 2.75) is 17.9 Å². The van der Waals surface area contributed by atoms with Gasteiger partial charge in [-0.05, 0) is 60.5 Å². The summed E-state index contributed by atoms with van der Waals surface area (Å²) >= 11 is 6.18. The summed E-state index contributed by atoms with van der Waals surface area (Å²) in [5.41, 5.74) is 3.58. The van der Waals surface area contributed by atoms with E-state index in [-0.39, 0.29) is 16.8 Å². The molecular formula is C27H26ClN3O5S. The standard InChI is InChI=1S/C27H26ClN3O5S/c1-16(17-5-7-24(35-2)25(12-17)36-3)31-26(32)8-6-18-14-29-27-23(18)11-20(15-30-27)19-9-21(28)13-22(10-19)37(4,33)34/h5-16H,1-4H3,(H,29,30)(H,31,32)/b8-6+/t16-/m1/s1. The summed E-state index contributed by atoms with van der Waals surface area (Å²) in [4.78, 5) is 20.3. The maximum atomic E-state index is 12.6. The number of H-pyrrole nitrogens is 1. The average Bonchev–Trinajstić information content (AvgIpc) is 3.28. The van der Waals surface area contributed by atoms with Gasteiger partial charge in [0.25, 0.3) is 0 Å². The molecule has 0 saturated carbocycles. The monoisotopic (exact) mass is 539 g/mol. The highest BCUT2D eigenvalue weighted by Crippen LogP contribution is 2.31. The maximum absolute atomic E-state index is 12.6. The highest BCUT2D eigenvalue weighted by Gasteiger charge is 2.14. The second-order valence-corrected chi connectivity index (χ2v) is 10.9. The molecule has 0 aliphatic carbocycles. The number of methoxy groups -OCH3 is 2. The normalized spacial score (nSPS) is 12.6. The summed E-state index contributed by atoms with van der Waals surface area (Å²) in [5, 5.41) is 4.03. The third-order valence-electron chi connectivity index (χ3n) is 5.88. The van der Waals surface area contributed by atoms with Crippen LogP contribution in [-0.4, -0.2) is 44.8 Å². The van der Waals surface area contributed by atoms with E-state index in [0.29, 0.717) is 33.3 Å². The molecule has 1 amide bonds. The van der Waals surface area contributed by atoms with Gasteiger partial charge in [-0.2, -0.15) is 0 Å². The number of sulfone groups is 1. The number of aromatic nitrogens is 2. The van der Waals surface area contributed by atoms with Crippen LogP contribution >= 0.6 is 11.6 Å². The first-order valence-corrected chi connectivity index (χ1v) is 13.5. The summed E-state index contributed by atoms with van der Waals surface area (Å²) in [5.74, 6) is 0.929. The van der Waals surface area contributed by atoms with Crippen LogP contribution in [0.2, 0.25) is 5.02 Å². The molecule has 4 aromatic rings. The van der Waals surface area contributed by atoms with Crippen molar-refractivity contribution in [2.24, 2.45) is 0 Å². The van der Waals surface area contributed by atoms with Crippen molar-refractivity contribution in [3.8, 4) is 22.6 Å². The average molecular weight is 540 g/mol. The number of aromatic amines is 1. The zero-order chi connectivity index (χ0) is 26.7. The fourth-order valence-corrected chi connectivity index (χ4v) is 4.88. The highest BCUT2D eigenvalue weighted by atomic mass is 35.5. The predicted molar refractivity (Wildman–Crippen MR) is 145 cm³/mol. The fourth-order valence-electron chi connectivity index (χ4n) is 3.90. The van der Waals surface area contributed by atoms with Gasteiger partial charge in [-0.1, -0.05) is 17.7 Å². The van der Waals surface area contributed by atoms with E-state index in [0.717, 1.165) is 22.8 Å². The molecule has 0 aliphatic rings. The lowest BCUT2D eigenvalue weighted by Gasteiger charge is -2.15. The SMILES string of the molecule is COc1ccc([C@@H](C)NC(=O)/C=C/c2c[nH]c3ncc(-c4cc(Cl)cc(S(C)(=O)=O)c4)cc23)cc1OC. The molecule has 0 fully saturated rings. The number of fused-ring (bicyclic) bond motifs is 1.